The van der Waals surface area contributed by atoms with E-state index in [-0.39, 0.29) is 16.7 Å². The van der Waals surface area contributed by atoms with Crippen LogP contribution in [-0.4, -0.2) is 10.2 Å². The summed E-state index contributed by atoms with van der Waals surface area (Å²) in [6, 6.07) is 4.52. The zero-order valence-corrected chi connectivity index (χ0v) is 12.0. The van der Waals surface area contributed by atoms with Crippen LogP contribution in [0.5, 0.6) is 0 Å². The Morgan fingerprint density at radius 2 is 1.95 bits per heavy atom. The molecule has 21 heavy (non-hydrogen) atoms. The molecule has 3 rings (SSSR count). The van der Waals surface area contributed by atoms with Crippen molar-refractivity contribution in [1.29, 1.82) is 0 Å². The Balaban J connectivity index is 2.66. The first kappa shape index (κ1) is 13.6. The van der Waals surface area contributed by atoms with Crippen molar-refractivity contribution < 1.29 is 9.21 Å². The number of carbonyl (C=O) groups is 1. The van der Waals surface area contributed by atoms with Crippen molar-refractivity contribution in [2.45, 2.75) is 13.8 Å². The highest BCUT2D eigenvalue weighted by Gasteiger charge is 2.16. The van der Waals surface area contributed by atoms with E-state index in [0.29, 0.717) is 10.9 Å². The van der Waals surface area contributed by atoms with Crippen LogP contribution in [0.2, 0.25) is 0 Å². The molecule has 0 radical (unpaired) electrons. The van der Waals surface area contributed by atoms with Crippen LogP contribution in [-0.2, 0) is 0 Å². The molecule has 5 nitrogen and oxygen atoms in total. The minimum Gasteiger partial charge on any atom is -0.450 e. The summed E-state index contributed by atoms with van der Waals surface area (Å²) >= 11 is 5.37. The van der Waals surface area contributed by atoms with E-state index in [9.17, 15) is 14.4 Å². The monoisotopic (exact) mass is 303 g/mol. The van der Waals surface area contributed by atoms with Crippen LogP contribution in [0, 0.1) is 13.8 Å². The van der Waals surface area contributed by atoms with Gasteiger partial charge in [0.2, 0.25) is 0 Å². The Labute approximate surface area is 123 Å². The Hall–Kier alpha value is -2.40. The molecule has 1 aromatic carbocycles. The molecule has 6 heteroatoms. The molecule has 106 valence electrons. The fourth-order valence-electron chi connectivity index (χ4n) is 2.34. The lowest BCUT2D eigenvalue weighted by Gasteiger charge is -2.08. The van der Waals surface area contributed by atoms with E-state index >= 15 is 0 Å². The van der Waals surface area contributed by atoms with Crippen molar-refractivity contribution in [3.8, 4) is 0 Å². The molecule has 0 aliphatic carbocycles. The summed E-state index contributed by atoms with van der Waals surface area (Å²) in [7, 11) is 0. The molecule has 0 spiro atoms. The zero-order valence-electron chi connectivity index (χ0n) is 11.2. The van der Waals surface area contributed by atoms with Gasteiger partial charge in [0.1, 0.15) is 5.39 Å². The average Bonchev–Trinajstić information content (AvgIpc) is 2.42. The van der Waals surface area contributed by atoms with Crippen molar-refractivity contribution in [3.05, 3.63) is 55.7 Å². The van der Waals surface area contributed by atoms with Crippen LogP contribution < -0.4 is 11.0 Å². The van der Waals surface area contributed by atoms with Crippen LogP contribution >= 0.6 is 11.6 Å². The number of hydrogen-bond acceptors (Lipinski definition) is 4. The van der Waals surface area contributed by atoms with E-state index in [4.69, 9.17) is 16.0 Å². The number of H-pyrrole nitrogens is 1. The van der Waals surface area contributed by atoms with Gasteiger partial charge in [0.25, 0.3) is 10.8 Å². The van der Waals surface area contributed by atoms with Crippen LogP contribution in [0.25, 0.3) is 21.9 Å². The number of fused-ring (bicyclic) bond motifs is 3. The van der Waals surface area contributed by atoms with E-state index in [1.165, 1.54) is 0 Å². The number of aryl methyl sites for hydroxylation is 2. The van der Waals surface area contributed by atoms with Gasteiger partial charge in [-0.05, 0) is 42.6 Å². The highest BCUT2D eigenvalue weighted by molar-refractivity contribution is 6.67. The van der Waals surface area contributed by atoms with Gasteiger partial charge in [-0.25, -0.2) is 0 Å². The first-order valence-electron chi connectivity index (χ1n) is 6.20. The fraction of sp³-hybridized carbons (Fsp3) is 0.133. The maximum Gasteiger partial charge on any atom is 0.287 e. The standard InChI is InChI=1S/C15H10ClNO4/c1-6-3-4-8-12(7(6)2)17-15(20)11-9(18)5-10(14(16)19)21-13(8)11/h3-5H,1-2H3,(H,17,20). The van der Waals surface area contributed by atoms with Gasteiger partial charge in [0, 0.05) is 11.5 Å². The van der Waals surface area contributed by atoms with Crippen molar-refractivity contribution in [3.63, 3.8) is 0 Å². The summed E-state index contributed by atoms with van der Waals surface area (Å²) in [5.41, 5.74) is 1.37. The number of benzene rings is 1. The number of pyridine rings is 1. The smallest absolute Gasteiger partial charge is 0.287 e. The van der Waals surface area contributed by atoms with Gasteiger partial charge in [-0.2, -0.15) is 0 Å². The van der Waals surface area contributed by atoms with Crippen LogP contribution in [0.4, 0.5) is 0 Å². The molecule has 3 aromatic rings. The summed E-state index contributed by atoms with van der Waals surface area (Å²) < 4.78 is 5.39. The molecule has 0 fully saturated rings. The molecule has 0 saturated carbocycles. The molecule has 0 aliphatic heterocycles. The molecule has 0 atom stereocenters. The molecule has 0 bridgehead atoms. The Kier molecular flexibility index (Phi) is 2.95. The second-order valence-electron chi connectivity index (χ2n) is 4.84. The van der Waals surface area contributed by atoms with E-state index in [1.54, 1.807) is 6.07 Å². The van der Waals surface area contributed by atoms with Crippen molar-refractivity contribution in [2.24, 2.45) is 0 Å². The molecule has 2 heterocycles. The normalized spacial score (nSPS) is 11.2. The Morgan fingerprint density at radius 1 is 1.24 bits per heavy atom. The third-order valence-corrected chi connectivity index (χ3v) is 3.77. The molecule has 2 aromatic heterocycles. The number of halogens is 1. The number of nitrogens with one attached hydrogen (secondary N) is 1. The lowest BCUT2D eigenvalue weighted by molar-refractivity contribution is 0.105. The SMILES string of the molecule is Cc1ccc2c([nH]c(=O)c3c(=O)cc(C(=O)Cl)oc32)c1C. The van der Waals surface area contributed by atoms with Gasteiger partial charge in [-0.15, -0.1) is 0 Å². The van der Waals surface area contributed by atoms with Gasteiger partial charge < -0.3 is 9.40 Å². The summed E-state index contributed by atoms with van der Waals surface area (Å²) in [5.74, 6) is -0.278. The summed E-state index contributed by atoms with van der Waals surface area (Å²) in [6.07, 6.45) is 0. The number of rotatable bonds is 1. The third-order valence-electron chi connectivity index (χ3n) is 3.59. The first-order valence-corrected chi connectivity index (χ1v) is 6.58. The first-order chi connectivity index (χ1) is 9.90. The van der Waals surface area contributed by atoms with Gasteiger partial charge >= 0.3 is 0 Å². The lowest BCUT2D eigenvalue weighted by Crippen LogP contribution is -2.17. The number of carbonyl (C=O) groups excluding carboxylic acids is 1. The molecular weight excluding hydrogens is 294 g/mol. The molecule has 0 amide bonds. The second kappa shape index (κ2) is 4.56. The van der Waals surface area contributed by atoms with Crippen LogP contribution in [0.1, 0.15) is 21.7 Å². The van der Waals surface area contributed by atoms with Crippen molar-refractivity contribution in [1.82, 2.24) is 4.98 Å². The third kappa shape index (κ3) is 1.97. The zero-order chi connectivity index (χ0) is 15.3. The molecule has 0 aliphatic rings. The summed E-state index contributed by atoms with van der Waals surface area (Å²) in [6.45, 7) is 3.76. The predicted octanol–water partition coefficient (Wildman–Crippen LogP) is 2.63. The maximum atomic E-state index is 12.1. The quantitative estimate of drug-likeness (QED) is 0.553. The largest absolute Gasteiger partial charge is 0.450 e. The van der Waals surface area contributed by atoms with Gasteiger partial charge in [-0.3, -0.25) is 14.4 Å². The summed E-state index contributed by atoms with van der Waals surface area (Å²) in [5, 5.41) is -0.441. The highest BCUT2D eigenvalue weighted by atomic mass is 35.5. The van der Waals surface area contributed by atoms with Crippen molar-refractivity contribution >= 4 is 38.7 Å². The van der Waals surface area contributed by atoms with Crippen LogP contribution in [0.3, 0.4) is 0 Å². The Morgan fingerprint density at radius 3 is 2.62 bits per heavy atom. The number of aromatic nitrogens is 1. The van der Waals surface area contributed by atoms with E-state index in [1.807, 2.05) is 19.9 Å². The molecule has 0 saturated heterocycles. The average molecular weight is 304 g/mol. The van der Waals surface area contributed by atoms with Gasteiger partial charge in [-0.1, -0.05) is 6.07 Å². The fourth-order valence-corrected chi connectivity index (χ4v) is 2.43. The predicted molar refractivity (Wildman–Crippen MR) is 80.3 cm³/mol. The van der Waals surface area contributed by atoms with E-state index in [0.717, 1.165) is 17.2 Å². The highest BCUT2D eigenvalue weighted by Crippen LogP contribution is 2.25. The topological polar surface area (TPSA) is 80.1 Å². The van der Waals surface area contributed by atoms with Crippen molar-refractivity contribution in [2.75, 3.05) is 0 Å². The molecular formula is C15H10ClNO4. The van der Waals surface area contributed by atoms with E-state index in [2.05, 4.69) is 4.98 Å². The maximum absolute atomic E-state index is 12.1. The lowest BCUT2D eigenvalue weighted by atomic mass is 10.0. The van der Waals surface area contributed by atoms with Gasteiger partial charge in [0.05, 0.1) is 5.52 Å². The Bertz CT molecular complexity index is 1030. The summed E-state index contributed by atoms with van der Waals surface area (Å²) in [4.78, 5) is 38.1. The number of aromatic amines is 1. The second-order valence-corrected chi connectivity index (χ2v) is 5.18. The van der Waals surface area contributed by atoms with Gasteiger partial charge in [0.15, 0.2) is 16.8 Å². The number of hydrogen-bond donors (Lipinski definition) is 1. The molecule has 0 unspecified atom stereocenters. The molecule has 1 N–H and O–H groups in total. The minimum absolute atomic E-state index is 0.0772. The van der Waals surface area contributed by atoms with Crippen LogP contribution in [0.15, 0.2) is 32.2 Å². The minimum atomic E-state index is -0.883. The van der Waals surface area contributed by atoms with E-state index < -0.39 is 16.2 Å².